The number of methoxy groups -OCH3 is 1. The van der Waals surface area contributed by atoms with Crippen molar-refractivity contribution in [2.75, 3.05) is 19.0 Å². The van der Waals surface area contributed by atoms with Gasteiger partial charge in [-0.15, -0.1) is 23.7 Å². The minimum absolute atomic E-state index is 0. The normalized spacial score (nSPS) is 12.7. The fourth-order valence-corrected chi connectivity index (χ4v) is 5.59. The van der Waals surface area contributed by atoms with Crippen molar-refractivity contribution in [3.63, 3.8) is 0 Å². The average Bonchev–Trinajstić information content (AvgIpc) is 3.26. The van der Waals surface area contributed by atoms with Crippen LogP contribution >= 0.6 is 23.7 Å². The Morgan fingerprint density at radius 2 is 1.57 bits per heavy atom. The van der Waals surface area contributed by atoms with E-state index in [0.29, 0.717) is 21.9 Å². The molecule has 0 spiro atoms. The Bertz CT molecular complexity index is 1360. The van der Waals surface area contributed by atoms with Crippen LogP contribution in [-0.4, -0.2) is 30.4 Å². The van der Waals surface area contributed by atoms with E-state index >= 15 is 0 Å². The lowest BCUT2D eigenvalue weighted by molar-refractivity contribution is 0.0600. The summed E-state index contributed by atoms with van der Waals surface area (Å²) in [5.74, 6) is 0.651. The number of carbonyl (C=O) groups is 2. The molecule has 190 valence electrons. The molecule has 0 saturated carbocycles. The summed E-state index contributed by atoms with van der Waals surface area (Å²) in [5.41, 5.74) is 3.16. The number of nitrogens with one attached hydrogen (secondary N) is 1. The van der Waals surface area contributed by atoms with Crippen LogP contribution < -0.4 is 10.1 Å². The number of nitrogens with zero attached hydrogens (tertiary/aromatic N) is 1. The van der Waals surface area contributed by atoms with Crippen molar-refractivity contribution >= 4 is 40.6 Å². The van der Waals surface area contributed by atoms with E-state index in [-0.39, 0.29) is 18.3 Å². The van der Waals surface area contributed by atoms with Gasteiger partial charge in [0.25, 0.3) is 5.91 Å². The Morgan fingerprint density at radius 1 is 0.919 bits per heavy atom. The van der Waals surface area contributed by atoms with Gasteiger partial charge in [0.15, 0.2) is 0 Å². The summed E-state index contributed by atoms with van der Waals surface area (Å²) in [6, 6.07) is 26.7. The van der Waals surface area contributed by atoms with E-state index < -0.39 is 5.97 Å². The smallest absolute Gasteiger partial charge is 0.341 e. The quantitative estimate of drug-likeness (QED) is 0.272. The van der Waals surface area contributed by atoms with Gasteiger partial charge >= 0.3 is 5.97 Å². The topological polar surface area (TPSA) is 67.9 Å². The van der Waals surface area contributed by atoms with E-state index in [0.717, 1.165) is 42.2 Å². The van der Waals surface area contributed by atoms with Crippen molar-refractivity contribution in [3.8, 4) is 11.5 Å². The van der Waals surface area contributed by atoms with Crippen LogP contribution in [0.2, 0.25) is 0 Å². The highest BCUT2D eigenvalue weighted by Crippen LogP contribution is 2.38. The van der Waals surface area contributed by atoms with Gasteiger partial charge in [0.2, 0.25) is 0 Å². The molecule has 1 aliphatic rings. The van der Waals surface area contributed by atoms with Gasteiger partial charge in [-0.1, -0.05) is 48.5 Å². The van der Waals surface area contributed by atoms with Gasteiger partial charge in [-0.05, 0) is 53.9 Å². The molecule has 1 N–H and O–H groups in total. The first-order valence-corrected chi connectivity index (χ1v) is 12.6. The molecule has 5 rings (SSSR count). The molecule has 4 aromatic rings. The number of para-hydroxylation sites is 1. The molecule has 2 heterocycles. The second-order valence-corrected chi connectivity index (χ2v) is 9.64. The maximum Gasteiger partial charge on any atom is 0.341 e. The molecule has 1 amide bonds. The number of benzene rings is 3. The second-order valence-electron chi connectivity index (χ2n) is 8.54. The number of carbonyl (C=O) groups excluding carboxylic acids is 2. The molecule has 0 aliphatic carbocycles. The van der Waals surface area contributed by atoms with Crippen molar-refractivity contribution < 1.29 is 19.1 Å². The first kappa shape index (κ1) is 26.4. The largest absolute Gasteiger partial charge is 0.465 e. The summed E-state index contributed by atoms with van der Waals surface area (Å²) >= 11 is 1.45. The molecule has 37 heavy (non-hydrogen) atoms. The number of amides is 1. The van der Waals surface area contributed by atoms with Crippen molar-refractivity contribution in [2.24, 2.45) is 0 Å². The van der Waals surface area contributed by atoms with Gasteiger partial charge in [-0.2, -0.15) is 0 Å². The summed E-state index contributed by atoms with van der Waals surface area (Å²) in [5, 5.41) is 3.48. The lowest BCUT2D eigenvalue weighted by Gasteiger charge is -2.27. The monoisotopic (exact) mass is 534 g/mol. The zero-order chi connectivity index (χ0) is 24.9. The van der Waals surface area contributed by atoms with E-state index in [2.05, 4.69) is 22.3 Å². The van der Waals surface area contributed by atoms with Gasteiger partial charge in [0, 0.05) is 30.1 Å². The average molecular weight is 535 g/mol. The number of esters is 1. The van der Waals surface area contributed by atoms with Crippen LogP contribution in [0.25, 0.3) is 0 Å². The Hall–Kier alpha value is -3.65. The highest BCUT2D eigenvalue weighted by atomic mass is 35.5. The second kappa shape index (κ2) is 12.1. The van der Waals surface area contributed by atoms with Crippen LogP contribution in [0.1, 0.15) is 36.7 Å². The van der Waals surface area contributed by atoms with Crippen molar-refractivity contribution in [2.45, 2.75) is 19.5 Å². The lowest BCUT2D eigenvalue weighted by Crippen LogP contribution is -2.29. The molecule has 1 aliphatic heterocycles. The summed E-state index contributed by atoms with van der Waals surface area (Å²) in [4.78, 5) is 29.2. The predicted molar refractivity (Wildman–Crippen MR) is 148 cm³/mol. The molecule has 0 bridgehead atoms. The standard InChI is InChI=1S/C29H26N2O4S.ClH/c1-34-29(33)26-24-16-17-31(18-20-8-4-2-5-9-20)19-25(24)36-28(26)30-27(32)21-12-14-23(15-13-21)35-22-10-6-3-7-11-22;/h2-15H,16-19H2,1H3,(H,30,32);1H. The first-order valence-electron chi connectivity index (χ1n) is 11.7. The van der Waals surface area contributed by atoms with E-state index in [9.17, 15) is 9.59 Å². The fourth-order valence-electron chi connectivity index (χ4n) is 4.31. The number of anilines is 1. The molecule has 1 aromatic heterocycles. The molecule has 0 radical (unpaired) electrons. The summed E-state index contributed by atoms with van der Waals surface area (Å²) in [7, 11) is 1.37. The predicted octanol–water partition coefficient (Wildman–Crippen LogP) is 6.56. The van der Waals surface area contributed by atoms with E-state index in [1.165, 1.54) is 24.0 Å². The third-order valence-electron chi connectivity index (χ3n) is 6.10. The van der Waals surface area contributed by atoms with Crippen LogP contribution in [0.15, 0.2) is 84.9 Å². The number of ether oxygens (including phenoxy) is 2. The Kier molecular flexibility index (Phi) is 8.61. The van der Waals surface area contributed by atoms with Gasteiger partial charge < -0.3 is 14.8 Å². The molecular weight excluding hydrogens is 508 g/mol. The minimum Gasteiger partial charge on any atom is -0.465 e. The number of fused-ring (bicyclic) bond motifs is 1. The number of hydrogen-bond donors (Lipinski definition) is 1. The van der Waals surface area contributed by atoms with Gasteiger partial charge in [-0.3, -0.25) is 9.69 Å². The van der Waals surface area contributed by atoms with Gasteiger partial charge in [-0.25, -0.2) is 4.79 Å². The molecule has 8 heteroatoms. The van der Waals surface area contributed by atoms with E-state index in [4.69, 9.17) is 9.47 Å². The van der Waals surface area contributed by atoms with Crippen LogP contribution in [-0.2, 0) is 24.2 Å². The number of hydrogen-bond acceptors (Lipinski definition) is 6. The SMILES string of the molecule is COC(=O)c1c(NC(=O)c2ccc(Oc3ccccc3)cc2)sc2c1CCN(Cc1ccccc1)C2.Cl. The zero-order valence-corrected chi connectivity index (χ0v) is 21.9. The lowest BCUT2D eigenvalue weighted by atomic mass is 10.0. The summed E-state index contributed by atoms with van der Waals surface area (Å²) in [6.45, 7) is 2.39. The number of halogens is 1. The van der Waals surface area contributed by atoms with Gasteiger partial charge in [0.1, 0.15) is 16.5 Å². The molecule has 0 atom stereocenters. The summed E-state index contributed by atoms with van der Waals surface area (Å²) in [6.07, 6.45) is 0.727. The molecule has 3 aromatic carbocycles. The van der Waals surface area contributed by atoms with E-state index in [1.54, 1.807) is 24.3 Å². The molecule has 0 unspecified atom stereocenters. The highest BCUT2D eigenvalue weighted by molar-refractivity contribution is 7.17. The van der Waals surface area contributed by atoms with Crippen molar-refractivity contribution in [3.05, 3.63) is 112 Å². The van der Waals surface area contributed by atoms with Crippen molar-refractivity contribution in [1.82, 2.24) is 4.90 Å². The van der Waals surface area contributed by atoms with Crippen LogP contribution in [0.4, 0.5) is 5.00 Å². The molecule has 0 fully saturated rings. The minimum atomic E-state index is -0.425. The highest BCUT2D eigenvalue weighted by Gasteiger charge is 2.29. The Balaban J connectivity index is 0.00000320. The molecule has 0 saturated heterocycles. The maximum atomic E-state index is 13.1. The Labute approximate surface area is 226 Å². The third kappa shape index (κ3) is 6.20. The summed E-state index contributed by atoms with van der Waals surface area (Å²) < 4.78 is 10.9. The number of rotatable bonds is 7. The number of thiophene rings is 1. The fraction of sp³-hybridized carbons (Fsp3) is 0.172. The first-order chi connectivity index (χ1) is 17.6. The van der Waals surface area contributed by atoms with Crippen LogP contribution in [0.3, 0.4) is 0 Å². The van der Waals surface area contributed by atoms with Gasteiger partial charge in [0.05, 0.1) is 12.7 Å². The zero-order valence-electron chi connectivity index (χ0n) is 20.3. The van der Waals surface area contributed by atoms with Crippen LogP contribution in [0.5, 0.6) is 11.5 Å². The molecular formula is C29H27ClN2O4S. The van der Waals surface area contributed by atoms with Crippen molar-refractivity contribution in [1.29, 1.82) is 0 Å². The Morgan fingerprint density at radius 3 is 2.24 bits per heavy atom. The maximum absolute atomic E-state index is 13.1. The van der Waals surface area contributed by atoms with E-state index in [1.807, 2.05) is 48.5 Å². The van der Waals surface area contributed by atoms with Crippen LogP contribution in [0, 0.1) is 0 Å². The third-order valence-corrected chi connectivity index (χ3v) is 7.23. The molecule has 6 nitrogen and oxygen atoms in total.